The summed E-state index contributed by atoms with van der Waals surface area (Å²) < 4.78 is 39.2. The van der Waals surface area contributed by atoms with Gasteiger partial charge in [0.15, 0.2) is 0 Å². The smallest absolute Gasteiger partial charge is 0.241 e. The fourth-order valence-electron chi connectivity index (χ4n) is 3.13. The van der Waals surface area contributed by atoms with E-state index in [0.717, 1.165) is 18.4 Å². The third kappa shape index (κ3) is 4.34. The Morgan fingerprint density at radius 3 is 2.73 bits per heavy atom. The average Bonchev–Trinajstić information content (AvgIpc) is 3.15. The summed E-state index contributed by atoms with van der Waals surface area (Å²) in [4.78, 5) is 4.26. The molecule has 26 heavy (non-hydrogen) atoms. The van der Waals surface area contributed by atoms with E-state index in [4.69, 9.17) is 9.47 Å². The van der Waals surface area contributed by atoms with Crippen LogP contribution in [-0.4, -0.2) is 26.6 Å². The second-order valence-electron chi connectivity index (χ2n) is 6.43. The highest BCUT2D eigenvalue weighted by Crippen LogP contribution is 2.29. The third-order valence-corrected chi connectivity index (χ3v) is 6.14. The Kier molecular flexibility index (Phi) is 5.78. The Balaban J connectivity index is 1.75. The molecule has 7 heteroatoms. The predicted octanol–water partition coefficient (Wildman–Crippen LogP) is 3.20. The summed E-state index contributed by atoms with van der Waals surface area (Å²) in [7, 11) is -2.13. The van der Waals surface area contributed by atoms with Gasteiger partial charge in [0, 0.05) is 24.4 Å². The van der Waals surface area contributed by atoms with Gasteiger partial charge in [-0.2, -0.15) is 0 Å². The van der Waals surface area contributed by atoms with Crippen LogP contribution in [0.2, 0.25) is 0 Å². The number of pyridine rings is 1. The molecular weight excluding hydrogens is 352 g/mol. The summed E-state index contributed by atoms with van der Waals surface area (Å²) in [5.74, 6) is 1.09. The molecule has 1 aromatic carbocycles. The zero-order valence-corrected chi connectivity index (χ0v) is 15.9. The number of nitrogens with zero attached hydrogens (tertiary/aromatic N) is 1. The molecule has 0 radical (unpaired) electrons. The molecule has 0 saturated heterocycles. The van der Waals surface area contributed by atoms with E-state index in [1.807, 2.05) is 6.07 Å². The summed E-state index contributed by atoms with van der Waals surface area (Å²) in [6.45, 7) is 1.95. The van der Waals surface area contributed by atoms with E-state index >= 15 is 0 Å². The van der Waals surface area contributed by atoms with Crippen LogP contribution in [0.25, 0.3) is 0 Å². The van der Waals surface area contributed by atoms with Gasteiger partial charge in [0.25, 0.3) is 0 Å². The third-order valence-electron chi connectivity index (χ3n) is 4.59. The number of benzene rings is 1. The van der Waals surface area contributed by atoms with Gasteiger partial charge in [-0.15, -0.1) is 0 Å². The zero-order chi connectivity index (χ0) is 18.6. The highest BCUT2D eigenvalue weighted by Gasteiger charge is 2.22. The maximum atomic E-state index is 12.8. The van der Waals surface area contributed by atoms with Crippen molar-refractivity contribution in [1.29, 1.82) is 0 Å². The van der Waals surface area contributed by atoms with E-state index in [2.05, 4.69) is 9.71 Å². The summed E-state index contributed by atoms with van der Waals surface area (Å²) >= 11 is 0. The van der Waals surface area contributed by atoms with E-state index in [9.17, 15) is 8.42 Å². The van der Waals surface area contributed by atoms with Crippen LogP contribution in [0.3, 0.4) is 0 Å². The number of rotatable bonds is 7. The number of hydrogen-bond acceptors (Lipinski definition) is 5. The normalized spacial score (nSPS) is 15.2. The summed E-state index contributed by atoms with van der Waals surface area (Å²) in [5.41, 5.74) is 1.41. The van der Waals surface area contributed by atoms with Crippen LogP contribution in [0, 0.1) is 6.92 Å². The highest BCUT2D eigenvalue weighted by molar-refractivity contribution is 7.89. The first-order chi connectivity index (χ1) is 12.5. The lowest BCUT2D eigenvalue weighted by Gasteiger charge is -2.17. The van der Waals surface area contributed by atoms with E-state index in [-0.39, 0.29) is 17.5 Å². The van der Waals surface area contributed by atoms with Crippen molar-refractivity contribution in [2.45, 2.75) is 50.2 Å². The van der Waals surface area contributed by atoms with Gasteiger partial charge in [-0.3, -0.25) is 0 Å². The van der Waals surface area contributed by atoms with Gasteiger partial charge in [0.05, 0.1) is 18.1 Å². The second kappa shape index (κ2) is 8.05. The number of methoxy groups -OCH3 is 1. The minimum atomic E-state index is -3.66. The van der Waals surface area contributed by atoms with Gasteiger partial charge >= 0.3 is 0 Å². The van der Waals surface area contributed by atoms with Gasteiger partial charge in [0.1, 0.15) is 5.75 Å². The van der Waals surface area contributed by atoms with Gasteiger partial charge < -0.3 is 9.47 Å². The lowest BCUT2D eigenvalue weighted by Crippen LogP contribution is -2.24. The first-order valence-electron chi connectivity index (χ1n) is 8.74. The topological polar surface area (TPSA) is 77.5 Å². The monoisotopic (exact) mass is 376 g/mol. The minimum absolute atomic E-state index is 0.161. The molecule has 6 nitrogen and oxygen atoms in total. The molecule has 0 spiro atoms. The standard InChI is InChI=1S/C19H24N2O4S/c1-14-17(25-16-6-3-4-7-16)8-5-9-18(14)26(22,23)21-13-15-10-11-20-19(12-15)24-2/h5,8-12,16,21H,3-4,6-7,13H2,1-2H3. The molecular formula is C19H24N2O4S. The molecule has 3 rings (SSSR count). The SMILES string of the molecule is COc1cc(CNS(=O)(=O)c2cccc(OC3CCCC3)c2C)ccn1. The maximum Gasteiger partial charge on any atom is 0.241 e. The molecule has 1 fully saturated rings. The van der Waals surface area contributed by atoms with Crippen molar-refractivity contribution in [3.8, 4) is 11.6 Å². The van der Waals surface area contributed by atoms with Crippen molar-refractivity contribution < 1.29 is 17.9 Å². The van der Waals surface area contributed by atoms with Crippen LogP contribution in [-0.2, 0) is 16.6 Å². The number of nitrogens with one attached hydrogen (secondary N) is 1. The molecule has 1 aliphatic rings. The molecule has 0 atom stereocenters. The van der Waals surface area contributed by atoms with Gasteiger partial charge in [-0.05, 0) is 56.4 Å². The molecule has 1 N–H and O–H groups in total. The quantitative estimate of drug-likeness (QED) is 0.803. The van der Waals surface area contributed by atoms with E-state index in [0.29, 0.717) is 17.2 Å². The molecule has 2 aromatic rings. The van der Waals surface area contributed by atoms with E-state index in [1.54, 1.807) is 37.4 Å². The van der Waals surface area contributed by atoms with Crippen molar-refractivity contribution in [3.05, 3.63) is 47.7 Å². The Morgan fingerprint density at radius 1 is 1.23 bits per heavy atom. The number of sulfonamides is 1. The van der Waals surface area contributed by atoms with Crippen molar-refractivity contribution >= 4 is 10.0 Å². The van der Waals surface area contributed by atoms with E-state index < -0.39 is 10.0 Å². The van der Waals surface area contributed by atoms with Crippen LogP contribution in [0.4, 0.5) is 0 Å². The number of aromatic nitrogens is 1. The molecule has 140 valence electrons. The van der Waals surface area contributed by atoms with Gasteiger partial charge in [0.2, 0.25) is 15.9 Å². The molecule has 1 saturated carbocycles. The largest absolute Gasteiger partial charge is 0.490 e. The molecule has 1 aliphatic carbocycles. The Hall–Kier alpha value is -2.12. The summed E-state index contributed by atoms with van der Waals surface area (Å²) in [5, 5.41) is 0. The second-order valence-corrected chi connectivity index (χ2v) is 8.17. The van der Waals surface area contributed by atoms with E-state index in [1.165, 1.54) is 20.0 Å². The average molecular weight is 376 g/mol. The lowest BCUT2D eigenvalue weighted by atomic mass is 10.2. The van der Waals surface area contributed by atoms with Gasteiger partial charge in [-0.1, -0.05) is 6.07 Å². The van der Waals surface area contributed by atoms with Crippen LogP contribution in [0.5, 0.6) is 11.6 Å². The fraction of sp³-hybridized carbons (Fsp3) is 0.421. The molecule has 1 heterocycles. The van der Waals surface area contributed by atoms with Crippen LogP contribution < -0.4 is 14.2 Å². The van der Waals surface area contributed by atoms with Crippen molar-refractivity contribution in [1.82, 2.24) is 9.71 Å². The Bertz CT molecular complexity index is 862. The Morgan fingerprint density at radius 2 is 2.00 bits per heavy atom. The fourth-order valence-corrected chi connectivity index (χ4v) is 4.40. The molecule has 0 aliphatic heterocycles. The molecule has 0 bridgehead atoms. The number of hydrogen-bond donors (Lipinski definition) is 1. The minimum Gasteiger partial charge on any atom is -0.490 e. The number of ether oxygens (including phenoxy) is 2. The molecule has 0 unspecified atom stereocenters. The van der Waals surface area contributed by atoms with Crippen molar-refractivity contribution in [2.24, 2.45) is 0 Å². The van der Waals surface area contributed by atoms with Crippen LogP contribution in [0.15, 0.2) is 41.4 Å². The predicted molar refractivity (Wildman–Crippen MR) is 98.9 cm³/mol. The first kappa shape index (κ1) is 18.7. The summed E-state index contributed by atoms with van der Waals surface area (Å²) in [6.07, 6.45) is 6.15. The van der Waals surface area contributed by atoms with Gasteiger partial charge in [-0.25, -0.2) is 18.1 Å². The molecule has 0 amide bonds. The van der Waals surface area contributed by atoms with Crippen LogP contribution in [0.1, 0.15) is 36.8 Å². The highest BCUT2D eigenvalue weighted by atomic mass is 32.2. The van der Waals surface area contributed by atoms with Crippen molar-refractivity contribution in [3.63, 3.8) is 0 Å². The summed E-state index contributed by atoms with van der Waals surface area (Å²) in [6, 6.07) is 8.61. The van der Waals surface area contributed by atoms with Crippen LogP contribution >= 0.6 is 0 Å². The zero-order valence-electron chi connectivity index (χ0n) is 15.1. The van der Waals surface area contributed by atoms with Crippen molar-refractivity contribution in [2.75, 3.05) is 7.11 Å². The Labute approximate surface area is 154 Å². The lowest BCUT2D eigenvalue weighted by molar-refractivity contribution is 0.208. The maximum absolute atomic E-state index is 12.8. The molecule has 1 aromatic heterocycles. The first-order valence-corrected chi connectivity index (χ1v) is 10.2.